The highest BCUT2D eigenvalue weighted by Crippen LogP contribution is 2.30. The van der Waals surface area contributed by atoms with E-state index in [4.69, 9.17) is 12.2 Å². The van der Waals surface area contributed by atoms with Gasteiger partial charge in [0.1, 0.15) is 0 Å². The van der Waals surface area contributed by atoms with E-state index in [1.807, 2.05) is 47.0 Å². The van der Waals surface area contributed by atoms with Gasteiger partial charge < -0.3 is 0 Å². The lowest BCUT2D eigenvalue weighted by Gasteiger charge is -2.09. The summed E-state index contributed by atoms with van der Waals surface area (Å²) in [5.41, 5.74) is 2.09. The standard InChI is InChI=1S/C15H13N3S2/c1-20-13-10-6-5-9-12(13)14-16-17-15(19)18(14)11-7-3-2-4-8-11/h2-10H,1H3,(H,17,19). The number of aromatic amines is 1. The van der Waals surface area contributed by atoms with Gasteiger partial charge in [0, 0.05) is 16.1 Å². The SMILES string of the molecule is CSc1ccccc1-c1n[nH]c(=S)n1-c1ccccc1. The third-order valence-corrected chi connectivity index (χ3v) is 4.10. The van der Waals surface area contributed by atoms with Crippen molar-refractivity contribution in [3.63, 3.8) is 0 Å². The molecule has 0 amide bonds. The molecule has 2 aromatic carbocycles. The van der Waals surface area contributed by atoms with Crippen molar-refractivity contribution in [1.82, 2.24) is 14.8 Å². The Labute approximate surface area is 126 Å². The van der Waals surface area contributed by atoms with Gasteiger partial charge in [0.15, 0.2) is 10.6 Å². The molecule has 1 aromatic heterocycles. The van der Waals surface area contributed by atoms with E-state index < -0.39 is 0 Å². The molecule has 0 atom stereocenters. The van der Waals surface area contributed by atoms with E-state index in [-0.39, 0.29) is 0 Å². The van der Waals surface area contributed by atoms with Gasteiger partial charge in [-0.25, -0.2) is 0 Å². The van der Waals surface area contributed by atoms with Crippen molar-refractivity contribution in [2.75, 3.05) is 6.26 Å². The summed E-state index contributed by atoms with van der Waals surface area (Å²) in [4.78, 5) is 1.18. The van der Waals surface area contributed by atoms with Gasteiger partial charge in [-0.1, -0.05) is 36.4 Å². The second-order valence-electron chi connectivity index (χ2n) is 4.22. The number of benzene rings is 2. The molecule has 0 spiro atoms. The van der Waals surface area contributed by atoms with E-state index in [0.717, 1.165) is 17.1 Å². The van der Waals surface area contributed by atoms with Crippen LogP contribution in [0.5, 0.6) is 0 Å². The Kier molecular flexibility index (Phi) is 3.71. The minimum absolute atomic E-state index is 0.599. The van der Waals surface area contributed by atoms with Crippen LogP contribution in [-0.4, -0.2) is 21.0 Å². The van der Waals surface area contributed by atoms with Crippen molar-refractivity contribution in [3.8, 4) is 17.1 Å². The van der Waals surface area contributed by atoms with E-state index in [9.17, 15) is 0 Å². The summed E-state index contributed by atoms with van der Waals surface area (Å²) in [6.07, 6.45) is 2.06. The van der Waals surface area contributed by atoms with Crippen LogP contribution in [0.1, 0.15) is 0 Å². The second-order valence-corrected chi connectivity index (χ2v) is 5.46. The summed E-state index contributed by atoms with van der Waals surface area (Å²) in [6, 6.07) is 18.2. The van der Waals surface area contributed by atoms with Crippen LogP contribution in [0.3, 0.4) is 0 Å². The summed E-state index contributed by atoms with van der Waals surface area (Å²) in [5.74, 6) is 0.839. The zero-order valence-electron chi connectivity index (χ0n) is 10.9. The number of hydrogen-bond donors (Lipinski definition) is 1. The smallest absolute Gasteiger partial charge is 0.200 e. The molecule has 0 unspecified atom stereocenters. The largest absolute Gasteiger partial charge is 0.268 e. The highest BCUT2D eigenvalue weighted by atomic mass is 32.2. The summed E-state index contributed by atoms with van der Waals surface area (Å²) in [5, 5.41) is 7.30. The first-order valence-corrected chi connectivity index (χ1v) is 7.81. The molecule has 1 heterocycles. The fourth-order valence-electron chi connectivity index (χ4n) is 2.12. The average Bonchev–Trinajstić information content (AvgIpc) is 2.89. The molecule has 3 aromatic rings. The zero-order chi connectivity index (χ0) is 13.9. The Morgan fingerprint density at radius 2 is 1.75 bits per heavy atom. The van der Waals surface area contributed by atoms with Gasteiger partial charge >= 0.3 is 0 Å². The number of nitrogens with one attached hydrogen (secondary N) is 1. The number of H-pyrrole nitrogens is 1. The summed E-state index contributed by atoms with van der Waals surface area (Å²) < 4.78 is 2.56. The normalized spacial score (nSPS) is 10.7. The molecular formula is C15H13N3S2. The molecule has 0 aliphatic heterocycles. The minimum Gasteiger partial charge on any atom is -0.268 e. The van der Waals surface area contributed by atoms with Crippen LogP contribution in [0.25, 0.3) is 17.1 Å². The lowest BCUT2D eigenvalue weighted by molar-refractivity contribution is 1.03. The van der Waals surface area contributed by atoms with Crippen LogP contribution in [-0.2, 0) is 0 Å². The molecule has 0 aliphatic rings. The lowest BCUT2D eigenvalue weighted by Crippen LogP contribution is -1.98. The van der Waals surface area contributed by atoms with Crippen LogP contribution < -0.4 is 0 Å². The maximum atomic E-state index is 5.37. The molecule has 0 saturated heterocycles. The van der Waals surface area contributed by atoms with Crippen molar-refractivity contribution in [1.29, 1.82) is 0 Å². The zero-order valence-corrected chi connectivity index (χ0v) is 12.5. The molecule has 0 radical (unpaired) electrons. The summed E-state index contributed by atoms with van der Waals surface area (Å²) in [6.45, 7) is 0. The number of thioether (sulfide) groups is 1. The van der Waals surface area contributed by atoms with E-state index >= 15 is 0 Å². The predicted molar refractivity (Wildman–Crippen MR) is 86.0 cm³/mol. The van der Waals surface area contributed by atoms with Crippen LogP contribution in [0.15, 0.2) is 59.5 Å². The fourth-order valence-corrected chi connectivity index (χ4v) is 2.96. The molecular weight excluding hydrogens is 286 g/mol. The van der Waals surface area contributed by atoms with Crippen LogP contribution in [0, 0.1) is 4.77 Å². The van der Waals surface area contributed by atoms with Gasteiger partial charge in [-0.3, -0.25) is 9.67 Å². The van der Waals surface area contributed by atoms with Crippen LogP contribution in [0.4, 0.5) is 0 Å². The van der Waals surface area contributed by atoms with Crippen molar-refractivity contribution < 1.29 is 0 Å². The lowest BCUT2D eigenvalue weighted by atomic mass is 10.2. The molecule has 0 bridgehead atoms. The number of aromatic nitrogens is 3. The van der Waals surface area contributed by atoms with Crippen molar-refractivity contribution >= 4 is 24.0 Å². The first-order chi connectivity index (χ1) is 9.81. The number of hydrogen-bond acceptors (Lipinski definition) is 3. The van der Waals surface area contributed by atoms with Gasteiger partial charge in [-0.15, -0.1) is 11.8 Å². The Morgan fingerprint density at radius 1 is 1.05 bits per heavy atom. The highest BCUT2D eigenvalue weighted by Gasteiger charge is 2.13. The Morgan fingerprint density at radius 3 is 2.50 bits per heavy atom. The Balaban J connectivity index is 2.24. The monoisotopic (exact) mass is 299 g/mol. The quantitative estimate of drug-likeness (QED) is 0.577. The molecule has 0 aliphatic carbocycles. The first-order valence-electron chi connectivity index (χ1n) is 6.17. The first kappa shape index (κ1) is 13.1. The molecule has 1 N–H and O–H groups in total. The highest BCUT2D eigenvalue weighted by molar-refractivity contribution is 7.98. The van der Waals surface area contributed by atoms with Crippen LogP contribution in [0.2, 0.25) is 0 Å². The Bertz CT molecular complexity index is 775. The minimum atomic E-state index is 0.599. The molecule has 5 heteroatoms. The summed E-state index contributed by atoms with van der Waals surface area (Å²) >= 11 is 7.07. The van der Waals surface area contributed by atoms with E-state index in [2.05, 4.69) is 28.6 Å². The molecule has 3 rings (SSSR count). The second kappa shape index (κ2) is 5.64. The average molecular weight is 299 g/mol. The molecule has 0 fully saturated rings. The van der Waals surface area contributed by atoms with E-state index in [1.54, 1.807) is 11.8 Å². The maximum absolute atomic E-state index is 5.37. The van der Waals surface area contributed by atoms with Crippen molar-refractivity contribution in [3.05, 3.63) is 59.4 Å². The third kappa shape index (κ3) is 2.30. The van der Waals surface area contributed by atoms with Crippen LogP contribution >= 0.6 is 24.0 Å². The molecule has 3 nitrogen and oxygen atoms in total. The van der Waals surface area contributed by atoms with E-state index in [0.29, 0.717) is 4.77 Å². The van der Waals surface area contributed by atoms with Crippen molar-refractivity contribution in [2.45, 2.75) is 4.90 Å². The van der Waals surface area contributed by atoms with E-state index in [1.165, 1.54) is 4.90 Å². The van der Waals surface area contributed by atoms with Crippen molar-refractivity contribution in [2.24, 2.45) is 0 Å². The molecule has 100 valence electrons. The van der Waals surface area contributed by atoms with Gasteiger partial charge in [0.2, 0.25) is 0 Å². The Hall–Kier alpha value is -1.85. The third-order valence-electron chi connectivity index (χ3n) is 3.03. The van der Waals surface area contributed by atoms with Gasteiger partial charge in [-0.05, 0) is 36.7 Å². The van der Waals surface area contributed by atoms with Gasteiger partial charge in [0.25, 0.3) is 0 Å². The topological polar surface area (TPSA) is 33.6 Å². The predicted octanol–water partition coefficient (Wildman–Crippen LogP) is 4.32. The fraction of sp³-hybridized carbons (Fsp3) is 0.0667. The van der Waals surface area contributed by atoms with Gasteiger partial charge in [0.05, 0.1) is 0 Å². The molecule has 0 saturated carbocycles. The maximum Gasteiger partial charge on any atom is 0.200 e. The van der Waals surface area contributed by atoms with Gasteiger partial charge in [-0.2, -0.15) is 5.10 Å². The molecule has 20 heavy (non-hydrogen) atoms. The summed E-state index contributed by atoms with van der Waals surface area (Å²) in [7, 11) is 0. The number of nitrogens with zero attached hydrogens (tertiary/aromatic N) is 2. The number of rotatable bonds is 3. The number of para-hydroxylation sites is 1.